The molecule has 1 N–H and O–H groups in total. The second-order valence-corrected chi connectivity index (χ2v) is 8.84. The lowest BCUT2D eigenvalue weighted by Gasteiger charge is -2.11. The van der Waals surface area contributed by atoms with Crippen molar-refractivity contribution in [2.45, 2.75) is 80.1 Å². The van der Waals surface area contributed by atoms with Crippen LogP contribution in [0.1, 0.15) is 104 Å². The van der Waals surface area contributed by atoms with Crippen molar-refractivity contribution in [2.24, 2.45) is 7.05 Å². The molecule has 0 fully saturated rings. The molecule has 38 heavy (non-hydrogen) atoms. The molecule has 0 saturated carbocycles. The van der Waals surface area contributed by atoms with E-state index >= 15 is 0 Å². The van der Waals surface area contributed by atoms with Gasteiger partial charge >= 0.3 is 0 Å². The average Bonchev–Trinajstić information content (AvgIpc) is 3.50. The summed E-state index contributed by atoms with van der Waals surface area (Å²) in [5.74, 6) is 0.244. The molecule has 5 rings (SSSR count). The number of benzene rings is 1. The summed E-state index contributed by atoms with van der Waals surface area (Å²) in [4.78, 5) is 33.1. The van der Waals surface area contributed by atoms with Crippen LogP contribution in [-0.4, -0.2) is 37.9 Å². The summed E-state index contributed by atoms with van der Waals surface area (Å²) < 4.78 is 1.68. The fourth-order valence-electron chi connectivity index (χ4n) is 4.69. The molecule has 0 bridgehead atoms. The highest BCUT2D eigenvalue weighted by Gasteiger charge is 2.27. The van der Waals surface area contributed by atoms with Gasteiger partial charge in [-0.3, -0.25) is 14.3 Å². The number of rotatable bonds is 5. The number of aromatic nitrogens is 4. The van der Waals surface area contributed by atoms with E-state index in [4.69, 9.17) is 0 Å². The zero-order valence-corrected chi connectivity index (χ0v) is 24.3. The first kappa shape index (κ1) is 30.6. The van der Waals surface area contributed by atoms with E-state index in [9.17, 15) is 9.59 Å². The normalized spacial score (nSPS) is 14.9. The third kappa shape index (κ3) is 7.24. The molecule has 2 aliphatic rings. The highest BCUT2D eigenvalue weighted by molar-refractivity contribution is 6.05. The maximum Gasteiger partial charge on any atom is 0.184 e. The Bertz CT molecular complexity index is 1300. The van der Waals surface area contributed by atoms with Crippen molar-refractivity contribution in [3.63, 3.8) is 0 Å². The summed E-state index contributed by atoms with van der Waals surface area (Å²) in [6, 6.07) is 5.83. The molecule has 1 aliphatic carbocycles. The fraction of sp³-hybridized carbons (Fsp3) is 0.452. The van der Waals surface area contributed by atoms with Crippen molar-refractivity contribution >= 4 is 22.6 Å². The Balaban J connectivity index is 0.000000356. The van der Waals surface area contributed by atoms with E-state index in [1.807, 2.05) is 66.1 Å². The molecular weight excluding hydrogens is 474 g/mol. The first-order valence-corrected chi connectivity index (χ1v) is 13.8. The van der Waals surface area contributed by atoms with Gasteiger partial charge in [-0.25, -0.2) is 9.97 Å². The van der Waals surface area contributed by atoms with Gasteiger partial charge in [0.15, 0.2) is 11.6 Å². The highest BCUT2D eigenvalue weighted by Crippen LogP contribution is 2.37. The summed E-state index contributed by atoms with van der Waals surface area (Å²) >= 11 is 0. The van der Waals surface area contributed by atoms with Crippen LogP contribution >= 0.6 is 0 Å². The zero-order valence-electron chi connectivity index (χ0n) is 24.3. The van der Waals surface area contributed by atoms with E-state index in [1.165, 1.54) is 23.0 Å². The molecule has 204 valence electrons. The molecule has 1 atom stereocenters. The number of nitrogens with one attached hydrogen (secondary N) is 1. The van der Waals surface area contributed by atoms with Crippen LogP contribution in [0.4, 0.5) is 0 Å². The maximum absolute atomic E-state index is 13.0. The Morgan fingerprint density at radius 2 is 1.87 bits per heavy atom. The van der Waals surface area contributed by atoms with Gasteiger partial charge in [0.1, 0.15) is 23.1 Å². The standard InChI is InChI=1S/C20H20N4O2.C7H11N.2C2H6/c1-11-18-20(24(3)23-11)19(22-10-21-18)17(26)9-15-5-4-14-8-13(12(2)25)6-7-16(14)15;1-2-7-3-5-8-6-4-7;2*1-2/h6-8,10,15H,4-5,9H2,1-3H3;3-5,8H,2,6H2,1H3;2*1-2H3/t15-;;;/m1.../s1. The molecule has 0 radical (unpaired) electrons. The molecule has 2 aromatic heterocycles. The Morgan fingerprint density at radius 3 is 2.47 bits per heavy atom. The second kappa shape index (κ2) is 15.0. The number of ketones is 2. The highest BCUT2D eigenvalue weighted by atomic mass is 16.1. The van der Waals surface area contributed by atoms with Gasteiger partial charge in [0.25, 0.3) is 0 Å². The smallest absolute Gasteiger partial charge is 0.184 e. The molecule has 0 saturated heterocycles. The van der Waals surface area contributed by atoms with Crippen LogP contribution in [0.5, 0.6) is 0 Å². The number of dihydropyridines is 1. The zero-order chi connectivity index (χ0) is 28.2. The average molecular weight is 518 g/mol. The molecule has 0 unspecified atom stereocenters. The predicted octanol–water partition coefficient (Wildman–Crippen LogP) is 6.67. The predicted molar refractivity (Wildman–Crippen MR) is 156 cm³/mol. The number of aryl methyl sites for hydroxylation is 3. The Kier molecular flexibility index (Phi) is 12.1. The number of carbonyl (C=O) groups is 2. The molecule has 7 nitrogen and oxygen atoms in total. The van der Waals surface area contributed by atoms with E-state index in [2.05, 4.69) is 39.5 Å². The van der Waals surface area contributed by atoms with Crippen LogP contribution in [0.2, 0.25) is 0 Å². The van der Waals surface area contributed by atoms with Crippen molar-refractivity contribution in [1.82, 2.24) is 25.1 Å². The first-order chi connectivity index (χ1) is 18.4. The molecule has 0 spiro atoms. The maximum atomic E-state index is 13.0. The minimum Gasteiger partial charge on any atom is -0.387 e. The van der Waals surface area contributed by atoms with E-state index < -0.39 is 0 Å². The molecule has 3 aromatic rings. The first-order valence-electron chi connectivity index (χ1n) is 13.8. The third-order valence-electron chi connectivity index (χ3n) is 6.54. The van der Waals surface area contributed by atoms with Gasteiger partial charge in [0, 0.05) is 25.6 Å². The summed E-state index contributed by atoms with van der Waals surface area (Å²) in [7, 11) is 1.81. The summed E-state index contributed by atoms with van der Waals surface area (Å²) in [6.45, 7) is 14.6. The van der Waals surface area contributed by atoms with Crippen LogP contribution in [0.25, 0.3) is 11.0 Å². The quantitative estimate of drug-likeness (QED) is 0.380. The van der Waals surface area contributed by atoms with Crippen LogP contribution in [0.15, 0.2) is 48.5 Å². The number of allylic oxidation sites excluding steroid dienone is 2. The number of fused-ring (bicyclic) bond motifs is 2. The van der Waals surface area contributed by atoms with Crippen molar-refractivity contribution < 1.29 is 9.59 Å². The van der Waals surface area contributed by atoms with Crippen molar-refractivity contribution in [3.05, 3.63) is 76.5 Å². The van der Waals surface area contributed by atoms with E-state index in [-0.39, 0.29) is 17.5 Å². The summed E-state index contributed by atoms with van der Waals surface area (Å²) in [5.41, 5.74) is 7.18. The molecule has 0 amide bonds. The third-order valence-corrected chi connectivity index (χ3v) is 6.54. The Morgan fingerprint density at radius 1 is 1.13 bits per heavy atom. The number of Topliss-reactive ketones (excluding diaryl/α,β-unsaturated/α-hetero) is 2. The number of hydrogen-bond acceptors (Lipinski definition) is 6. The van der Waals surface area contributed by atoms with Gasteiger partial charge in [-0.05, 0) is 74.1 Å². The Labute approximate surface area is 227 Å². The van der Waals surface area contributed by atoms with Crippen LogP contribution in [-0.2, 0) is 13.5 Å². The SMILES string of the molecule is CC.CC.CC(=O)c1ccc2c(c1)CC[C@@H]2CC(=O)c1ncnc2c(C)nn(C)c12.CCC1=CCNC=C1. The van der Waals surface area contributed by atoms with Gasteiger partial charge in [0.2, 0.25) is 0 Å². The van der Waals surface area contributed by atoms with Gasteiger partial charge in [-0.15, -0.1) is 0 Å². The lowest BCUT2D eigenvalue weighted by molar-refractivity contribution is 0.0968. The van der Waals surface area contributed by atoms with Crippen molar-refractivity contribution in [3.8, 4) is 0 Å². The van der Waals surface area contributed by atoms with Crippen LogP contribution in [0, 0.1) is 6.92 Å². The largest absolute Gasteiger partial charge is 0.387 e. The van der Waals surface area contributed by atoms with Gasteiger partial charge in [0.05, 0.1) is 5.69 Å². The number of carbonyl (C=O) groups excluding carboxylic acids is 2. The fourth-order valence-corrected chi connectivity index (χ4v) is 4.69. The molecule has 1 aliphatic heterocycles. The monoisotopic (exact) mass is 517 g/mol. The van der Waals surface area contributed by atoms with Crippen molar-refractivity contribution in [1.29, 1.82) is 0 Å². The summed E-state index contributed by atoms with van der Waals surface area (Å²) in [6.07, 6.45) is 11.1. The van der Waals surface area contributed by atoms with E-state index in [0.29, 0.717) is 17.6 Å². The second-order valence-electron chi connectivity index (χ2n) is 8.84. The van der Waals surface area contributed by atoms with Gasteiger partial charge < -0.3 is 5.32 Å². The lowest BCUT2D eigenvalue weighted by Crippen LogP contribution is -2.10. The molecule has 1 aromatic carbocycles. The van der Waals surface area contributed by atoms with Crippen molar-refractivity contribution in [2.75, 3.05) is 6.54 Å². The Hall–Kier alpha value is -3.61. The van der Waals surface area contributed by atoms with Gasteiger partial charge in [-0.2, -0.15) is 5.10 Å². The molecule has 3 heterocycles. The molecule has 7 heteroatoms. The van der Waals surface area contributed by atoms with Crippen LogP contribution < -0.4 is 5.32 Å². The van der Waals surface area contributed by atoms with E-state index in [1.54, 1.807) is 11.6 Å². The minimum absolute atomic E-state index is 0.00824. The number of hydrogen-bond donors (Lipinski definition) is 1. The molecular formula is C31H43N5O2. The summed E-state index contributed by atoms with van der Waals surface area (Å²) in [5, 5.41) is 7.45. The van der Waals surface area contributed by atoms with Gasteiger partial charge in [-0.1, -0.05) is 52.8 Å². The van der Waals surface area contributed by atoms with Crippen LogP contribution in [0.3, 0.4) is 0 Å². The lowest BCUT2D eigenvalue weighted by atomic mass is 9.93. The van der Waals surface area contributed by atoms with E-state index in [0.717, 1.165) is 42.6 Å². The minimum atomic E-state index is 0.00824. The topological polar surface area (TPSA) is 89.8 Å². The number of nitrogens with zero attached hydrogens (tertiary/aromatic N) is 4.